The lowest BCUT2D eigenvalue weighted by Gasteiger charge is -2.16. The molecule has 0 saturated heterocycles. The van der Waals surface area contributed by atoms with Crippen molar-refractivity contribution < 1.29 is 4.79 Å². The van der Waals surface area contributed by atoms with Crippen LogP contribution < -0.4 is 11.4 Å². The Balaban J connectivity index is 2.53. The average molecular weight is 298 g/mol. The number of carbonyl (C=O) groups is 1. The van der Waals surface area contributed by atoms with Crippen LogP contribution in [0, 0.1) is 0 Å². The third-order valence-electron chi connectivity index (χ3n) is 3.12. The van der Waals surface area contributed by atoms with E-state index in [2.05, 4.69) is 0 Å². The number of nitrogens with zero attached hydrogens (tertiary/aromatic N) is 3. The molecule has 0 fully saturated rings. The summed E-state index contributed by atoms with van der Waals surface area (Å²) in [5.74, 6) is -0.0227. The Morgan fingerprint density at radius 2 is 2.05 bits per heavy atom. The number of thiocarbonyl (C=S) groups is 1. The van der Waals surface area contributed by atoms with E-state index in [9.17, 15) is 9.59 Å². The smallest absolute Gasteiger partial charge is 0.328 e. The van der Waals surface area contributed by atoms with Crippen molar-refractivity contribution in [2.45, 2.75) is 39.3 Å². The molecule has 112 valence electrons. The SMILES string of the molecule is CC(C)n1ccn(CCC(=O)N(C)CCC(N)=S)c1=O. The van der Waals surface area contributed by atoms with E-state index in [1.54, 1.807) is 33.5 Å². The van der Waals surface area contributed by atoms with Gasteiger partial charge < -0.3 is 10.6 Å². The first-order valence-corrected chi connectivity index (χ1v) is 7.03. The molecule has 20 heavy (non-hydrogen) atoms. The van der Waals surface area contributed by atoms with Crippen molar-refractivity contribution in [1.29, 1.82) is 0 Å². The molecule has 1 heterocycles. The minimum absolute atomic E-state index is 0.0227. The summed E-state index contributed by atoms with van der Waals surface area (Å²) >= 11 is 4.78. The first-order chi connectivity index (χ1) is 9.32. The van der Waals surface area contributed by atoms with E-state index in [1.807, 2.05) is 13.8 Å². The molecular weight excluding hydrogens is 276 g/mol. The van der Waals surface area contributed by atoms with Gasteiger partial charge in [0.15, 0.2) is 0 Å². The summed E-state index contributed by atoms with van der Waals surface area (Å²) in [4.78, 5) is 25.9. The van der Waals surface area contributed by atoms with E-state index in [0.717, 1.165) is 0 Å². The van der Waals surface area contributed by atoms with Gasteiger partial charge in [0.25, 0.3) is 0 Å². The Morgan fingerprint density at radius 3 is 2.55 bits per heavy atom. The summed E-state index contributed by atoms with van der Waals surface area (Å²) < 4.78 is 3.19. The zero-order valence-electron chi connectivity index (χ0n) is 12.2. The molecule has 0 aliphatic heterocycles. The van der Waals surface area contributed by atoms with Gasteiger partial charge in [0.1, 0.15) is 0 Å². The first kappa shape index (κ1) is 16.4. The third-order valence-corrected chi connectivity index (χ3v) is 3.32. The van der Waals surface area contributed by atoms with Gasteiger partial charge in [-0.3, -0.25) is 13.9 Å². The lowest BCUT2D eigenvalue weighted by Crippen LogP contribution is -2.32. The van der Waals surface area contributed by atoms with Crippen molar-refractivity contribution in [2.24, 2.45) is 5.73 Å². The normalized spacial score (nSPS) is 10.8. The lowest BCUT2D eigenvalue weighted by molar-refractivity contribution is -0.130. The van der Waals surface area contributed by atoms with Crippen molar-refractivity contribution >= 4 is 23.1 Å². The summed E-state index contributed by atoms with van der Waals surface area (Å²) in [7, 11) is 1.71. The number of carbonyl (C=O) groups excluding carboxylic acids is 1. The zero-order valence-corrected chi connectivity index (χ0v) is 13.0. The molecule has 0 saturated carbocycles. The van der Waals surface area contributed by atoms with Crippen LogP contribution in [-0.4, -0.2) is 38.5 Å². The maximum absolute atomic E-state index is 12.0. The zero-order chi connectivity index (χ0) is 15.3. The molecule has 0 spiro atoms. The summed E-state index contributed by atoms with van der Waals surface area (Å²) in [5, 5.41) is 0. The number of imidazole rings is 1. The standard InChI is InChI=1S/C13H22N4O2S/c1-10(2)17-9-8-16(13(17)19)7-5-12(18)15(3)6-4-11(14)20/h8-10H,4-7H2,1-3H3,(H2,14,20). The number of amides is 1. The fourth-order valence-corrected chi connectivity index (χ4v) is 1.89. The Labute approximate surface area is 124 Å². The van der Waals surface area contributed by atoms with E-state index in [4.69, 9.17) is 18.0 Å². The van der Waals surface area contributed by atoms with Gasteiger partial charge in [0, 0.05) is 51.4 Å². The van der Waals surface area contributed by atoms with Crippen molar-refractivity contribution in [3.05, 3.63) is 22.9 Å². The second-order valence-electron chi connectivity index (χ2n) is 5.06. The van der Waals surface area contributed by atoms with Crippen molar-refractivity contribution in [3.8, 4) is 0 Å². The molecule has 0 aliphatic carbocycles. The fraction of sp³-hybridized carbons (Fsp3) is 0.615. The molecular formula is C13H22N4O2S. The van der Waals surface area contributed by atoms with Crippen LogP contribution in [0.15, 0.2) is 17.2 Å². The quantitative estimate of drug-likeness (QED) is 0.754. The minimum atomic E-state index is -0.0846. The molecule has 7 heteroatoms. The number of hydrogen-bond donors (Lipinski definition) is 1. The summed E-state index contributed by atoms with van der Waals surface area (Å²) in [6, 6.07) is 0.118. The Hall–Kier alpha value is -1.63. The van der Waals surface area contributed by atoms with Crippen LogP contribution in [0.5, 0.6) is 0 Å². The molecule has 0 atom stereocenters. The Bertz CT molecular complexity index is 533. The first-order valence-electron chi connectivity index (χ1n) is 6.62. The number of aromatic nitrogens is 2. The Morgan fingerprint density at radius 1 is 1.40 bits per heavy atom. The average Bonchev–Trinajstić information content (AvgIpc) is 2.74. The molecule has 1 aromatic heterocycles. The summed E-state index contributed by atoms with van der Waals surface area (Å²) in [5.41, 5.74) is 5.32. The highest BCUT2D eigenvalue weighted by atomic mass is 32.1. The van der Waals surface area contributed by atoms with E-state index >= 15 is 0 Å². The summed E-state index contributed by atoms with van der Waals surface area (Å²) in [6.07, 6.45) is 4.26. The molecule has 0 bridgehead atoms. The molecule has 0 radical (unpaired) electrons. The van der Waals surface area contributed by atoms with Crippen molar-refractivity contribution in [2.75, 3.05) is 13.6 Å². The van der Waals surface area contributed by atoms with Crippen LogP contribution in [0.25, 0.3) is 0 Å². The van der Waals surface area contributed by atoms with Gasteiger partial charge in [0.2, 0.25) is 5.91 Å². The van der Waals surface area contributed by atoms with E-state index in [-0.39, 0.29) is 24.1 Å². The highest BCUT2D eigenvalue weighted by Gasteiger charge is 2.11. The highest BCUT2D eigenvalue weighted by molar-refractivity contribution is 7.80. The van der Waals surface area contributed by atoms with Gasteiger partial charge in [-0.2, -0.15) is 0 Å². The monoisotopic (exact) mass is 298 g/mol. The maximum atomic E-state index is 12.0. The Kier molecular flexibility index (Phi) is 5.94. The van der Waals surface area contributed by atoms with E-state index in [0.29, 0.717) is 24.5 Å². The van der Waals surface area contributed by atoms with E-state index in [1.165, 1.54) is 0 Å². The molecule has 6 nitrogen and oxygen atoms in total. The molecule has 1 rings (SSSR count). The molecule has 2 N–H and O–H groups in total. The van der Waals surface area contributed by atoms with Crippen LogP contribution in [-0.2, 0) is 11.3 Å². The largest absolute Gasteiger partial charge is 0.393 e. The van der Waals surface area contributed by atoms with Crippen LogP contribution in [0.4, 0.5) is 0 Å². The number of hydrogen-bond acceptors (Lipinski definition) is 3. The highest BCUT2D eigenvalue weighted by Crippen LogP contribution is 2.01. The molecule has 1 amide bonds. The number of rotatable bonds is 7. The second-order valence-corrected chi connectivity index (χ2v) is 5.58. The lowest BCUT2D eigenvalue weighted by atomic mass is 10.3. The second kappa shape index (κ2) is 7.23. The molecule has 1 aromatic rings. The van der Waals surface area contributed by atoms with Crippen molar-refractivity contribution in [3.63, 3.8) is 0 Å². The number of nitrogens with two attached hydrogens (primary N) is 1. The molecule has 0 unspecified atom stereocenters. The van der Waals surface area contributed by atoms with Gasteiger partial charge in [-0.15, -0.1) is 0 Å². The van der Waals surface area contributed by atoms with Crippen LogP contribution >= 0.6 is 12.2 Å². The maximum Gasteiger partial charge on any atom is 0.328 e. The van der Waals surface area contributed by atoms with Crippen LogP contribution in [0.1, 0.15) is 32.7 Å². The molecule has 0 aromatic carbocycles. The van der Waals surface area contributed by atoms with E-state index < -0.39 is 0 Å². The predicted molar refractivity (Wildman–Crippen MR) is 82.7 cm³/mol. The van der Waals surface area contributed by atoms with Gasteiger partial charge in [-0.25, -0.2) is 4.79 Å². The van der Waals surface area contributed by atoms with Crippen molar-refractivity contribution in [1.82, 2.24) is 14.0 Å². The van der Waals surface area contributed by atoms with Gasteiger partial charge in [0.05, 0.1) is 4.99 Å². The van der Waals surface area contributed by atoms with Crippen LogP contribution in [0.3, 0.4) is 0 Å². The van der Waals surface area contributed by atoms with Gasteiger partial charge in [-0.05, 0) is 13.8 Å². The number of aryl methyl sites for hydroxylation is 1. The van der Waals surface area contributed by atoms with Crippen LogP contribution in [0.2, 0.25) is 0 Å². The van der Waals surface area contributed by atoms with Gasteiger partial charge in [-0.1, -0.05) is 12.2 Å². The minimum Gasteiger partial charge on any atom is -0.393 e. The fourth-order valence-electron chi connectivity index (χ4n) is 1.80. The topological polar surface area (TPSA) is 73.3 Å². The molecule has 0 aliphatic rings. The summed E-state index contributed by atoms with van der Waals surface area (Å²) in [6.45, 7) is 4.78. The van der Waals surface area contributed by atoms with Gasteiger partial charge >= 0.3 is 5.69 Å². The third kappa shape index (κ3) is 4.48. The predicted octanol–water partition coefficient (Wildman–Crippen LogP) is 0.755.